The minimum absolute atomic E-state index is 0.713. The standard InChI is InChI=1S/C12H22N2S/c1-14(10-5-3-4-9-13)11-7-6-8-12(11)15-2/h11-12H,3-8,10H2,1-2H3/t11-,12+/m0/s1. The zero-order valence-corrected chi connectivity index (χ0v) is 10.7. The summed E-state index contributed by atoms with van der Waals surface area (Å²) in [5, 5.41) is 9.30. The van der Waals surface area contributed by atoms with Gasteiger partial charge in [-0.25, -0.2) is 0 Å². The van der Waals surface area contributed by atoms with Crippen LogP contribution in [0.4, 0.5) is 0 Å². The molecule has 1 saturated carbocycles. The summed E-state index contributed by atoms with van der Waals surface area (Å²) in [6, 6.07) is 2.99. The Labute approximate surface area is 98.0 Å². The highest BCUT2D eigenvalue weighted by Crippen LogP contribution is 2.31. The summed E-state index contributed by atoms with van der Waals surface area (Å²) in [7, 11) is 2.24. The Morgan fingerprint density at radius 1 is 1.40 bits per heavy atom. The highest BCUT2D eigenvalue weighted by atomic mass is 32.2. The third-order valence-electron chi connectivity index (χ3n) is 3.34. The summed E-state index contributed by atoms with van der Waals surface area (Å²) in [4.78, 5) is 2.51. The van der Waals surface area contributed by atoms with Crippen LogP contribution in [0.15, 0.2) is 0 Å². The summed E-state index contributed by atoms with van der Waals surface area (Å²) >= 11 is 2.02. The van der Waals surface area contributed by atoms with Gasteiger partial charge in [0.25, 0.3) is 0 Å². The fraction of sp³-hybridized carbons (Fsp3) is 0.917. The van der Waals surface area contributed by atoms with Gasteiger partial charge in [-0.05, 0) is 45.5 Å². The molecule has 0 N–H and O–H groups in total. The number of hydrogen-bond acceptors (Lipinski definition) is 3. The lowest BCUT2D eigenvalue weighted by Crippen LogP contribution is -2.36. The van der Waals surface area contributed by atoms with Crippen molar-refractivity contribution >= 4 is 11.8 Å². The molecule has 0 aromatic heterocycles. The van der Waals surface area contributed by atoms with Crippen LogP contribution in [0.5, 0.6) is 0 Å². The van der Waals surface area contributed by atoms with E-state index >= 15 is 0 Å². The van der Waals surface area contributed by atoms with Crippen LogP contribution in [0, 0.1) is 11.3 Å². The smallest absolute Gasteiger partial charge is 0.0621 e. The monoisotopic (exact) mass is 226 g/mol. The number of thioether (sulfide) groups is 1. The van der Waals surface area contributed by atoms with Gasteiger partial charge >= 0.3 is 0 Å². The van der Waals surface area contributed by atoms with Gasteiger partial charge in [0.1, 0.15) is 0 Å². The van der Waals surface area contributed by atoms with Crippen molar-refractivity contribution in [1.82, 2.24) is 4.90 Å². The maximum Gasteiger partial charge on any atom is 0.0621 e. The number of hydrogen-bond donors (Lipinski definition) is 0. The van der Waals surface area contributed by atoms with E-state index in [0.717, 1.165) is 24.3 Å². The second kappa shape index (κ2) is 7.14. The van der Waals surface area contributed by atoms with Gasteiger partial charge in [-0.1, -0.05) is 6.42 Å². The summed E-state index contributed by atoms with van der Waals surface area (Å²) < 4.78 is 0. The van der Waals surface area contributed by atoms with Crippen LogP contribution in [0.2, 0.25) is 0 Å². The number of rotatable bonds is 6. The molecule has 0 amide bonds. The van der Waals surface area contributed by atoms with E-state index in [1.165, 1.54) is 25.7 Å². The van der Waals surface area contributed by atoms with Crippen molar-refractivity contribution in [2.24, 2.45) is 0 Å². The molecule has 2 nitrogen and oxygen atoms in total. The largest absolute Gasteiger partial charge is 0.302 e. The molecule has 0 bridgehead atoms. The molecule has 0 radical (unpaired) electrons. The molecular formula is C12H22N2S. The molecule has 15 heavy (non-hydrogen) atoms. The fourth-order valence-corrected chi connectivity index (χ4v) is 3.48. The molecule has 86 valence electrons. The lowest BCUT2D eigenvalue weighted by Gasteiger charge is -2.28. The zero-order valence-electron chi connectivity index (χ0n) is 9.91. The van der Waals surface area contributed by atoms with Crippen molar-refractivity contribution in [3.8, 4) is 6.07 Å². The molecule has 0 aliphatic heterocycles. The van der Waals surface area contributed by atoms with Crippen molar-refractivity contribution in [3.63, 3.8) is 0 Å². The first-order chi connectivity index (χ1) is 7.29. The van der Waals surface area contributed by atoms with E-state index in [1.54, 1.807) is 0 Å². The third kappa shape index (κ3) is 4.04. The maximum absolute atomic E-state index is 8.46. The molecule has 0 heterocycles. The molecule has 0 spiro atoms. The molecule has 3 heteroatoms. The number of nitrogens with zero attached hydrogens (tertiary/aromatic N) is 2. The first-order valence-corrected chi connectivity index (χ1v) is 7.18. The lowest BCUT2D eigenvalue weighted by molar-refractivity contribution is 0.245. The number of nitriles is 1. The Kier molecular flexibility index (Phi) is 6.12. The Balaban J connectivity index is 2.21. The van der Waals surface area contributed by atoms with E-state index in [9.17, 15) is 0 Å². The van der Waals surface area contributed by atoms with E-state index in [2.05, 4.69) is 24.3 Å². The summed E-state index contributed by atoms with van der Waals surface area (Å²) in [5.41, 5.74) is 0. The van der Waals surface area contributed by atoms with Crippen LogP contribution < -0.4 is 0 Å². The van der Waals surface area contributed by atoms with Crippen LogP contribution >= 0.6 is 11.8 Å². The molecular weight excluding hydrogens is 204 g/mol. The van der Waals surface area contributed by atoms with Crippen molar-refractivity contribution in [2.75, 3.05) is 19.8 Å². The average molecular weight is 226 g/mol. The van der Waals surface area contributed by atoms with Gasteiger partial charge in [-0.2, -0.15) is 17.0 Å². The predicted molar refractivity (Wildman–Crippen MR) is 67.0 cm³/mol. The summed E-state index contributed by atoms with van der Waals surface area (Å²) in [6.45, 7) is 1.16. The molecule has 0 saturated heterocycles. The molecule has 2 atom stereocenters. The highest BCUT2D eigenvalue weighted by Gasteiger charge is 2.29. The molecule has 0 unspecified atom stereocenters. The topological polar surface area (TPSA) is 27.0 Å². The Morgan fingerprint density at radius 2 is 2.20 bits per heavy atom. The van der Waals surface area contributed by atoms with Crippen molar-refractivity contribution < 1.29 is 0 Å². The average Bonchev–Trinajstić information content (AvgIpc) is 2.72. The van der Waals surface area contributed by atoms with Crippen LogP contribution in [0.3, 0.4) is 0 Å². The highest BCUT2D eigenvalue weighted by molar-refractivity contribution is 7.99. The Bertz CT molecular complexity index is 212. The minimum atomic E-state index is 0.713. The normalized spacial score (nSPS) is 25.7. The summed E-state index contributed by atoms with van der Waals surface area (Å²) in [5.74, 6) is 0. The quantitative estimate of drug-likeness (QED) is 0.652. The predicted octanol–water partition coefficient (Wildman–Crippen LogP) is 2.90. The van der Waals surface area contributed by atoms with Gasteiger partial charge in [0.2, 0.25) is 0 Å². The lowest BCUT2D eigenvalue weighted by atomic mass is 10.2. The fourth-order valence-electron chi connectivity index (χ4n) is 2.42. The van der Waals surface area contributed by atoms with Crippen molar-refractivity contribution in [2.45, 2.75) is 49.8 Å². The van der Waals surface area contributed by atoms with Gasteiger partial charge < -0.3 is 4.90 Å². The van der Waals surface area contributed by atoms with Crippen molar-refractivity contribution in [3.05, 3.63) is 0 Å². The zero-order chi connectivity index (χ0) is 11.1. The molecule has 1 aliphatic carbocycles. The maximum atomic E-state index is 8.46. The molecule has 0 aromatic rings. The van der Waals surface area contributed by atoms with Crippen LogP contribution in [0.25, 0.3) is 0 Å². The van der Waals surface area contributed by atoms with Gasteiger partial charge in [0.15, 0.2) is 0 Å². The molecule has 1 fully saturated rings. The Morgan fingerprint density at radius 3 is 2.87 bits per heavy atom. The summed E-state index contributed by atoms with van der Waals surface area (Å²) in [6.07, 6.45) is 9.30. The molecule has 0 aromatic carbocycles. The van der Waals surface area contributed by atoms with Crippen LogP contribution in [-0.4, -0.2) is 36.0 Å². The second-order valence-corrected chi connectivity index (χ2v) is 5.45. The SMILES string of the molecule is CS[C@@H]1CCC[C@@H]1N(C)CCCCC#N. The van der Waals surface area contributed by atoms with Crippen LogP contribution in [-0.2, 0) is 0 Å². The second-order valence-electron chi connectivity index (χ2n) is 4.37. The Hall–Kier alpha value is -0.200. The van der Waals surface area contributed by atoms with E-state index in [4.69, 9.17) is 5.26 Å². The first kappa shape index (κ1) is 12.9. The van der Waals surface area contributed by atoms with E-state index < -0.39 is 0 Å². The molecule has 1 aliphatic rings. The third-order valence-corrected chi connectivity index (χ3v) is 4.49. The van der Waals surface area contributed by atoms with E-state index in [-0.39, 0.29) is 0 Å². The minimum Gasteiger partial charge on any atom is -0.302 e. The van der Waals surface area contributed by atoms with Gasteiger partial charge in [0, 0.05) is 17.7 Å². The number of unbranched alkanes of at least 4 members (excludes halogenated alkanes) is 2. The van der Waals surface area contributed by atoms with Crippen LogP contribution in [0.1, 0.15) is 38.5 Å². The van der Waals surface area contributed by atoms with Gasteiger partial charge in [-0.3, -0.25) is 0 Å². The van der Waals surface area contributed by atoms with Gasteiger partial charge in [-0.15, -0.1) is 0 Å². The van der Waals surface area contributed by atoms with Crippen molar-refractivity contribution in [1.29, 1.82) is 5.26 Å². The van der Waals surface area contributed by atoms with E-state index in [1.807, 2.05) is 11.8 Å². The molecule has 1 rings (SSSR count). The first-order valence-electron chi connectivity index (χ1n) is 5.89. The van der Waals surface area contributed by atoms with E-state index in [0.29, 0.717) is 6.42 Å². The van der Waals surface area contributed by atoms with Gasteiger partial charge in [0.05, 0.1) is 6.07 Å².